The summed E-state index contributed by atoms with van der Waals surface area (Å²) in [6.45, 7) is -0.408. The van der Waals surface area contributed by atoms with Gasteiger partial charge >= 0.3 is 6.18 Å². The molecule has 2 atom stereocenters. The SMILES string of the molecule is COC1CNC(c2nc3ccccc3n2CC(F)(F)F)C1. The van der Waals surface area contributed by atoms with Crippen LogP contribution in [0.3, 0.4) is 0 Å². The van der Waals surface area contributed by atoms with Crippen LogP contribution in [0.4, 0.5) is 13.2 Å². The number of ether oxygens (including phenoxy) is 1. The summed E-state index contributed by atoms with van der Waals surface area (Å²) in [5.74, 6) is 0.424. The number of alkyl halides is 3. The van der Waals surface area contributed by atoms with Gasteiger partial charge in [-0.2, -0.15) is 13.2 Å². The maximum atomic E-state index is 12.9. The Hall–Kier alpha value is -1.60. The number of para-hydroxylation sites is 2. The van der Waals surface area contributed by atoms with Crippen molar-refractivity contribution in [2.75, 3.05) is 13.7 Å². The van der Waals surface area contributed by atoms with Crippen molar-refractivity contribution in [2.24, 2.45) is 0 Å². The monoisotopic (exact) mass is 299 g/mol. The molecule has 1 aliphatic rings. The molecule has 1 saturated heterocycles. The molecule has 7 heteroatoms. The number of imidazole rings is 1. The average Bonchev–Trinajstić information content (AvgIpc) is 3.02. The van der Waals surface area contributed by atoms with E-state index in [0.29, 0.717) is 29.8 Å². The van der Waals surface area contributed by atoms with Crippen LogP contribution >= 0.6 is 0 Å². The Morgan fingerprint density at radius 3 is 2.81 bits per heavy atom. The van der Waals surface area contributed by atoms with Gasteiger partial charge in [0.15, 0.2) is 0 Å². The van der Waals surface area contributed by atoms with Crippen LogP contribution in [-0.2, 0) is 11.3 Å². The Morgan fingerprint density at radius 1 is 1.38 bits per heavy atom. The van der Waals surface area contributed by atoms with E-state index in [4.69, 9.17) is 4.74 Å². The van der Waals surface area contributed by atoms with Crippen LogP contribution in [-0.4, -0.2) is 35.5 Å². The van der Waals surface area contributed by atoms with Crippen molar-refractivity contribution < 1.29 is 17.9 Å². The second-order valence-electron chi connectivity index (χ2n) is 5.21. The second-order valence-corrected chi connectivity index (χ2v) is 5.21. The summed E-state index contributed by atoms with van der Waals surface area (Å²) in [4.78, 5) is 4.39. The van der Waals surface area contributed by atoms with Crippen molar-refractivity contribution >= 4 is 11.0 Å². The van der Waals surface area contributed by atoms with Gasteiger partial charge in [0.25, 0.3) is 0 Å². The van der Waals surface area contributed by atoms with Gasteiger partial charge in [0, 0.05) is 13.7 Å². The van der Waals surface area contributed by atoms with E-state index in [1.54, 1.807) is 31.4 Å². The summed E-state index contributed by atoms with van der Waals surface area (Å²) in [6.07, 6.45) is -3.65. The van der Waals surface area contributed by atoms with Gasteiger partial charge in [0.05, 0.1) is 23.2 Å². The molecule has 1 aliphatic heterocycles. The molecule has 1 N–H and O–H groups in total. The number of fused-ring (bicyclic) bond motifs is 1. The van der Waals surface area contributed by atoms with Crippen molar-refractivity contribution in [2.45, 2.75) is 31.3 Å². The van der Waals surface area contributed by atoms with E-state index >= 15 is 0 Å². The average molecular weight is 299 g/mol. The Labute approximate surface area is 119 Å². The van der Waals surface area contributed by atoms with E-state index in [1.165, 1.54) is 4.57 Å². The number of hydrogen-bond acceptors (Lipinski definition) is 3. The minimum Gasteiger partial charge on any atom is -0.380 e. The van der Waals surface area contributed by atoms with E-state index in [0.717, 1.165) is 0 Å². The lowest BCUT2D eigenvalue weighted by molar-refractivity contribution is -0.140. The fraction of sp³-hybridized carbons (Fsp3) is 0.500. The molecular weight excluding hydrogens is 283 g/mol. The molecule has 3 rings (SSSR count). The molecule has 0 amide bonds. The Kier molecular flexibility index (Phi) is 3.62. The zero-order valence-electron chi connectivity index (χ0n) is 11.5. The normalized spacial score (nSPS) is 23.0. The van der Waals surface area contributed by atoms with Crippen molar-refractivity contribution in [3.63, 3.8) is 0 Å². The Morgan fingerprint density at radius 2 is 2.14 bits per heavy atom. The zero-order chi connectivity index (χ0) is 15.0. The summed E-state index contributed by atoms with van der Waals surface area (Å²) in [7, 11) is 1.60. The van der Waals surface area contributed by atoms with Crippen LogP contribution < -0.4 is 5.32 Å². The van der Waals surface area contributed by atoms with Crippen LogP contribution in [0, 0.1) is 0 Å². The fourth-order valence-electron chi connectivity index (χ4n) is 2.79. The van der Waals surface area contributed by atoms with E-state index in [1.807, 2.05) is 0 Å². The standard InChI is InChI=1S/C14H16F3N3O/c1-21-9-6-11(18-7-9)13-19-10-4-2-3-5-12(10)20(13)8-14(15,16)17/h2-5,9,11,18H,6-8H2,1H3. The third kappa shape index (κ3) is 2.89. The number of aromatic nitrogens is 2. The highest BCUT2D eigenvalue weighted by atomic mass is 19.4. The minimum absolute atomic E-state index is 0.00847. The van der Waals surface area contributed by atoms with Gasteiger partial charge in [-0.15, -0.1) is 0 Å². The first-order valence-corrected chi connectivity index (χ1v) is 6.76. The van der Waals surface area contributed by atoms with E-state index in [2.05, 4.69) is 10.3 Å². The van der Waals surface area contributed by atoms with Gasteiger partial charge in [-0.25, -0.2) is 4.98 Å². The number of methoxy groups -OCH3 is 1. The number of nitrogens with zero attached hydrogens (tertiary/aromatic N) is 2. The van der Waals surface area contributed by atoms with Crippen LogP contribution in [0.5, 0.6) is 0 Å². The highest BCUT2D eigenvalue weighted by Gasteiger charge is 2.34. The lowest BCUT2D eigenvalue weighted by atomic mass is 10.2. The van der Waals surface area contributed by atoms with Crippen molar-refractivity contribution in [3.05, 3.63) is 30.1 Å². The first-order valence-electron chi connectivity index (χ1n) is 6.76. The predicted octanol–water partition coefficient (Wildman–Crippen LogP) is 2.65. The molecule has 0 saturated carbocycles. The predicted molar refractivity (Wildman–Crippen MR) is 71.9 cm³/mol. The lowest BCUT2D eigenvalue weighted by Gasteiger charge is -2.15. The maximum absolute atomic E-state index is 12.9. The molecule has 1 fully saturated rings. The van der Waals surface area contributed by atoms with E-state index in [-0.39, 0.29) is 12.1 Å². The Bertz CT molecular complexity index is 638. The number of benzene rings is 1. The molecule has 0 aliphatic carbocycles. The zero-order valence-corrected chi connectivity index (χ0v) is 11.5. The number of hydrogen-bond donors (Lipinski definition) is 1. The van der Waals surface area contributed by atoms with E-state index in [9.17, 15) is 13.2 Å². The number of halogens is 3. The van der Waals surface area contributed by atoms with Gasteiger partial charge in [-0.1, -0.05) is 12.1 Å². The highest BCUT2D eigenvalue weighted by molar-refractivity contribution is 5.76. The third-order valence-electron chi connectivity index (χ3n) is 3.76. The van der Waals surface area contributed by atoms with Gasteiger partial charge < -0.3 is 14.6 Å². The highest BCUT2D eigenvalue weighted by Crippen LogP contribution is 2.30. The van der Waals surface area contributed by atoms with Crippen LogP contribution in [0.25, 0.3) is 11.0 Å². The second kappa shape index (κ2) is 5.31. The molecule has 4 nitrogen and oxygen atoms in total. The van der Waals surface area contributed by atoms with Gasteiger partial charge in [0.2, 0.25) is 0 Å². The topological polar surface area (TPSA) is 39.1 Å². The van der Waals surface area contributed by atoms with Crippen molar-refractivity contribution in [1.29, 1.82) is 0 Å². The van der Waals surface area contributed by atoms with Gasteiger partial charge in [-0.3, -0.25) is 0 Å². The first kappa shape index (κ1) is 14.3. The summed E-state index contributed by atoms with van der Waals surface area (Å²) in [6, 6.07) is 6.68. The molecule has 1 aromatic heterocycles. The van der Waals surface area contributed by atoms with Crippen LogP contribution in [0.15, 0.2) is 24.3 Å². The molecule has 114 valence electrons. The smallest absolute Gasteiger partial charge is 0.380 e. The van der Waals surface area contributed by atoms with Gasteiger partial charge in [-0.05, 0) is 18.6 Å². The summed E-state index contributed by atoms with van der Waals surface area (Å²) < 4.78 is 45.1. The molecule has 21 heavy (non-hydrogen) atoms. The summed E-state index contributed by atoms with van der Waals surface area (Å²) >= 11 is 0. The molecule has 1 aromatic carbocycles. The van der Waals surface area contributed by atoms with Crippen molar-refractivity contribution in [3.8, 4) is 0 Å². The van der Waals surface area contributed by atoms with Crippen molar-refractivity contribution in [1.82, 2.24) is 14.9 Å². The van der Waals surface area contributed by atoms with E-state index < -0.39 is 12.7 Å². The largest absolute Gasteiger partial charge is 0.406 e. The third-order valence-corrected chi connectivity index (χ3v) is 3.76. The van der Waals surface area contributed by atoms with Gasteiger partial charge in [0.1, 0.15) is 12.4 Å². The molecule has 0 radical (unpaired) electrons. The minimum atomic E-state index is -4.28. The summed E-state index contributed by atoms with van der Waals surface area (Å²) in [5, 5.41) is 3.19. The molecule has 2 unspecified atom stereocenters. The molecular formula is C14H16F3N3O. The lowest BCUT2D eigenvalue weighted by Crippen LogP contribution is -2.23. The fourth-order valence-corrected chi connectivity index (χ4v) is 2.79. The first-order chi connectivity index (χ1) is 9.98. The maximum Gasteiger partial charge on any atom is 0.406 e. The number of rotatable bonds is 3. The molecule has 2 aromatic rings. The molecule has 0 spiro atoms. The molecule has 2 heterocycles. The molecule has 0 bridgehead atoms. The number of nitrogens with one attached hydrogen (secondary N) is 1. The Balaban J connectivity index is 2.02. The summed E-state index contributed by atoms with van der Waals surface area (Å²) in [5.41, 5.74) is 1.09. The van der Waals surface area contributed by atoms with Crippen LogP contribution in [0.1, 0.15) is 18.3 Å². The quantitative estimate of drug-likeness (QED) is 0.947. The van der Waals surface area contributed by atoms with Crippen LogP contribution in [0.2, 0.25) is 0 Å².